The SMILES string of the molecule is Cc1nc2c(s1)C(c1ccc(N3CCC(F)(F)C3)cc1F)N(c1ccc3c(c1)ncn3COCC[Si](C)(C)C)C2=O. The first-order chi connectivity index (χ1) is 19.4. The van der Waals surface area contributed by atoms with Gasteiger partial charge in [0.15, 0.2) is 0 Å². The molecule has 2 aromatic heterocycles. The zero-order valence-electron chi connectivity index (χ0n) is 23.5. The molecule has 1 fully saturated rings. The molecule has 4 aromatic rings. The molecule has 0 spiro atoms. The lowest BCUT2D eigenvalue weighted by Gasteiger charge is -2.27. The van der Waals surface area contributed by atoms with Crippen LogP contribution in [0.5, 0.6) is 0 Å². The lowest BCUT2D eigenvalue weighted by molar-refractivity contribution is 0.0257. The highest BCUT2D eigenvalue weighted by atomic mass is 32.1. The maximum absolute atomic E-state index is 15.7. The van der Waals surface area contributed by atoms with Crippen LogP contribution in [0.15, 0.2) is 42.7 Å². The number of alkyl halides is 2. The predicted molar refractivity (Wildman–Crippen MR) is 158 cm³/mol. The molecule has 0 bridgehead atoms. The Morgan fingerprint density at radius 2 is 1.93 bits per heavy atom. The molecule has 0 saturated carbocycles. The van der Waals surface area contributed by atoms with E-state index in [-0.39, 0.29) is 24.4 Å². The van der Waals surface area contributed by atoms with E-state index in [1.54, 1.807) is 23.4 Å². The van der Waals surface area contributed by atoms with Crippen molar-refractivity contribution in [3.63, 3.8) is 0 Å². The number of aromatic nitrogens is 3. The highest BCUT2D eigenvalue weighted by Crippen LogP contribution is 2.46. The Balaban J connectivity index is 1.31. The standard InChI is InChI=1S/C29H32F3N5O2SSi/c1-18-34-25-27(40-18)26(21-7-5-19(13-22(21)30)35-10-9-29(31,32)15-35)37(28(25)38)20-6-8-24-23(14-20)33-16-36(24)17-39-11-12-41(2,3)4/h5-8,13-14,16,26H,9-12,15,17H2,1-4H3. The largest absolute Gasteiger partial charge is 0.365 e. The smallest absolute Gasteiger partial charge is 0.279 e. The number of nitrogens with zero attached hydrogens (tertiary/aromatic N) is 5. The third-order valence-corrected chi connectivity index (χ3v) is 10.3. The minimum absolute atomic E-state index is 0.161. The van der Waals surface area contributed by atoms with Crippen LogP contribution in [-0.4, -0.2) is 54.1 Å². The molecule has 216 valence electrons. The fourth-order valence-electron chi connectivity index (χ4n) is 5.41. The Labute approximate surface area is 241 Å². The summed E-state index contributed by atoms with van der Waals surface area (Å²) >= 11 is 1.36. The van der Waals surface area contributed by atoms with E-state index >= 15 is 4.39 Å². The Kier molecular flexibility index (Phi) is 6.98. The number of imidazole rings is 1. The van der Waals surface area contributed by atoms with E-state index in [1.165, 1.54) is 22.3 Å². The van der Waals surface area contributed by atoms with Gasteiger partial charge in [0, 0.05) is 44.6 Å². The van der Waals surface area contributed by atoms with Gasteiger partial charge in [0.1, 0.15) is 24.3 Å². The van der Waals surface area contributed by atoms with Crippen LogP contribution < -0.4 is 9.80 Å². The average Bonchev–Trinajstić information content (AvgIpc) is 3.64. The second kappa shape index (κ2) is 10.2. The van der Waals surface area contributed by atoms with Gasteiger partial charge in [-0.05, 0) is 43.3 Å². The molecule has 2 aliphatic rings. The van der Waals surface area contributed by atoms with E-state index in [0.717, 1.165) is 11.6 Å². The Bertz CT molecular complexity index is 1630. The number of hydrogen-bond donors (Lipinski definition) is 0. The minimum Gasteiger partial charge on any atom is -0.365 e. The number of amides is 1. The summed E-state index contributed by atoms with van der Waals surface area (Å²) in [6.45, 7) is 9.54. The quantitative estimate of drug-likeness (QED) is 0.164. The number of carbonyl (C=O) groups excluding carboxylic acids is 1. The van der Waals surface area contributed by atoms with Gasteiger partial charge in [-0.25, -0.2) is 23.1 Å². The second-order valence-electron chi connectivity index (χ2n) is 12.0. The van der Waals surface area contributed by atoms with E-state index in [4.69, 9.17) is 4.74 Å². The minimum atomic E-state index is -2.79. The summed E-state index contributed by atoms with van der Waals surface area (Å²) in [5.41, 5.74) is 3.13. The van der Waals surface area contributed by atoms with Crippen LogP contribution in [0, 0.1) is 12.7 Å². The monoisotopic (exact) mass is 599 g/mol. The van der Waals surface area contributed by atoms with Gasteiger partial charge in [-0.2, -0.15) is 0 Å². The number of carbonyl (C=O) groups is 1. The maximum atomic E-state index is 15.7. The summed E-state index contributed by atoms with van der Waals surface area (Å²) in [6, 6.07) is 10.4. The number of ether oxygens (including phenoxy) is 1. The van der Waals surface area contributed by atoms with Crippen molar-refractivity contribution in [2.45, 2.75) is 57.7 Å². The van der Waals surface area contributed by atoms with Crippen LogP contribution in [0.2, 0.25) is 25.7 Å². The van der Waals surface area contributed by atoms with Gasteiger partial charge in [0.25, 0.3) is 11.8 Å². The molecule has 1 saturated heterocycles. The van der Waals surface area contributed by atoms with Crippen LogP contribution in [0.3, 0.4) is 0 Å². The molecule has 0 radical (unpaired) electrons. The molecule has 1 amide bonds. The molecule has 41 heavy (non-hydrogen) atoms. The number of anilines is 2. The zero-order chi connectivity index (χ0) is 29.1. The zero-order valence-corrected chi connectivity index (χ0v) is 25.3. The number of aryl methyl sites for hydroxylation is 1. The van der Waals surface area contributed by atoms with Crippen LogP contribution in [0.4, 0.5) is 24.5 Å². The molecule has 1 atom stereocenters. The van der Waals surface area contributed by atoms with Crippen LogP contribution in [-0.2, 0) is 11.5 Å². The van der Waals surface area contributed by atoms with Gasteiger partial charge in [-0.15, -0.1) is 11.3 Å². The predicted octanol–water partition coefficient (Wildman–Crippen LogP) is 6.85. The molecular formula is C29H32F3N5O2SSi. The molecule has 6 rings (SSSR count). The fourth-order valence-corrected chi connectivity index (χ4v) is 7.20. The normalized spacial score (nSPS) is 18.6. The Morgan fingerprint density at radius 3 is 2.63 bits per heavy atom. The lowest BCUT2D eigenvalue weighted by atomic mass is 10.0. The first-order valence-electron chi connectivity index (χ1n) is 13.7. The summed E-state index contributed by atoms with van der Waals surface area (Å²) in [7, 11) is -1.19. The van der Waals surface area contributed by atoms with Crippen molar-refractivity contribution in [2.24, 2.45) is 0 Å². The van der Waals surface area contributed by atoms with Crippen LogP contribution in [0.1, 0.15) is 38.4 Å². The van der Waals surface area contributed by atoms with Crippen molar-refractivity contribution in [3.05, 3.63) is 69.7 Å². The van der Waals surface area contributed by atoms with Gasteiger partial charge in [0.2, 0.25) is 0 Å². The number of rotatable bonds is 8. The second-order valence-corrected chi connectivity index (χ2v) is 18.8. The summed E-state index contributed by atoms with van der Waals surface area (Å²) in [5, 5.41) is 0.715. The molecule has 0 aliphatic carbocycles. The number of thiazole rings is 1. The average molecular weight is 600 g/mol. The highest BCUT2D eigenvalue weighted by Gasteiger charge is 2.44. The Hall–Kier alpha value is -3.22. The fraction of sp³-hybridized carbons (Fsp3) is 0.414. The lowest BCUT2D eigenvalue weighted by Crippen LogP contribution is -2.29. The molecular weight excluding hydrogens is 567 g/mol. The third-order valence-electron chi connectivity index (χ3n) is 7.61. The van der Waals surface area contributed by atoms with Gasteiger partial charge < -0.3 is 14.2 Å². The molecule has 4 heterocycles. The summed E-state index contributed by atoms with van der Waals surface area (Å²) in [6.07, 6.45) is 1.46. The molecule has 0 N–H and O–H groups in total. The summed E-state index contributed by atoms with van der Waals surface area (Å²) in [4.78, 5) is 26.4. The Morgan fingerprint density at radius 1 is 1.15 bits per heavy atom. The number of benzene rings is 2. The van der Waals surface area contributed by atoms with Crippen molar-refractivity contribution >= 4 is 47.7 Å². The molecule has 2 aliphatic heterocycles. The van der Waals surface area contributed by atoms with Crippen molar-refractivity contribution in [3.8, 4) is 0 Å². The summed E-state index contributed by atoms with van der Waals surface area (Å²) in [5.74, 6) is -3.66. The van der Waals surface area contributed by atoms with Crippen molar-refractivity contribution in [1.29, 1.82) is 0 Å². The van der Waals surface area contributed by atoms with Crippen molar-refractivity contribution < 1.29 is 22.7 Å². The van der Waals surface area contributed by atoms with E-state index in [9.17, 15) is 13.6 Å². The topological polar surface area (TPSA) is 63.5 Å². The van der Waals surface area contributed by atoms with Crippen molar-refractivity contribution in [2.75, 3.05) is 29.5 Å². The first-order valence-corrected chi connectivity index (χ1v) is 18.2. The van der Waals surface area contributed by atoms with Crippen LogP contribution in [0.25, 0.3) is 11.0 Å². The van der Waals surface area contributed by atoms with Gasteiger partial charge in [-0.1, -0.05) is 25.7 Å². The van der Waals surface area contributed by atoms with Gasteiger partial charge >= 0.3 is 0 Å². The van der Waals surface area contributed by atoms with Crippen LogP contribution >= 0.6 is 11.3 Å². The van der Waals surface area contributed by atoms with E-state index < -0.39 is 32.4 Å². The highest BCUT2D eigenvalue weighted by molar-refractivity contribution is 7.12. The van der Waals surface area contributed by atoms with E-state index in [1.807, 2.05) is 29.7 Å². The van der Waals surface area contributed by atoms with Gasteiger partial charge in [-0.3, -0.25) is 9.69 Å². The molecule has 2 aromatic carbocycles. The first kappa shape index (κ1) is 27.9. The summed E-state index contributed by atoms with van der Waals surface area (Å²) < 4.78 is 51.2. The van der Waals surface area contributed by atoms with E-state index in [0.29, 0.717) is 45.8 Å². The maximum Gasteiger partial charge on any atom is 0.279 e. The number of hydrogen-bond acceptors (Lipinski definition) is 6. The van der Waals surface area contributed by atoms with Gasteiger partial charge in [0.05, 0.1) is 33.8 Å². The molecule has 1 unspecified atom stereocenters. The van der Waals surface area contributed by atoms with E-state index in [2.05, 4.69) is 29.6 Å². The molecule has 12 heteroatoms. The number of halogens is 3. The van der Waals surface area contributed by atoms with Crippen molar-refractivity contribution in [1.82, 2.24) is 14.5 Å². The molecule has 7 nitrogen and oxygen atoms in total. The third kappa shape index (κ3) is 5.40. The number of fused-ring (bicyclic) bond motifs is 2.